The molecule has 0 bridgehead atoms. The predicted molar refractivity (Wildman–Crippen MR) is 101 cm³/mol. The molecule has 0 radical (unpaired) electrons. The average molecular weight is 401 g/mol. The summed E-state index contributed by atoms with van der Waals surface area (Å²) in [7, 11) is 1.80. The standard InChI is InChI=1S/C20H21BrN2O2/c1-22(13-16-9-5-6-10-18(16)21)20(25)17-11-19(24)23(14-17)12-15-7-3-2-4-8-15/h2-10,17H,11-14H2,1H3. The van der Waals surface area contributed by atoms with Crippen molar-refractivity contribution in [2.45, 2.75) is 19.5 Å². The van der Waals surface area contributed by atoms with Crippen LogP contribution in [-0.4, -0.2) is 35.2 Å². The Morgan fingerprint density at radius 3 is 2.56 bits per heavy atom. The Morgan fingerprint density at radius 2 is 1.84 bits per heavy atom. The molecule has 1 aliphatic heterocycles. The number of carbonyl (C=O) groups is 2. The molecule has 2 aromatic carbocycles. The van der Waals surface area contributed by atoms with Crippen molar-refractivity contribution in [2.24, 2.45) is 5.92 Å². The van der Waals surface area contributed by atoms with Gasteiger partial charge in [0, 0.05) is 37.6 Å². The highest BCUT2D eigenvalue weighted by molar-refractivity contribution is 9.10. The minimum Gasteiger partial charge on any atom is -0.341 e. The van der Waals surface area contributed by atoms with E-state index in [4.69, 9.17) is 0 Å². The third-order valence-corrected chi connectivity index (χ3v) is 5.30. The van der Waals surface area contributed by atoms with Crippen molar-refractivity contribution in [1.82, 2.24) is 9.80 Å². The Bertz CT molecular complexity index is 763. The van der Waals surface area contributed by atoms with Crippen LogP contribution in [0.5, 0.6) is 0 Å². The smallest absolute Gasteiger partial charge is 0.228 e. The Morgan fingerprint density at radius 1 is 1.16 bits per heavy atom. The molecule has 0 aromatic heterocycles. The van der Waals surface area contributed by atoms with E-state index in [0.717, 1.165) is 15.6 Å². The molecule has 0 spiro atoms. The summed E-state index contributed by atoms with van der Waals surface area (Å²) in [5.41, 5.74) is 2.15. The van der Waals surface area contributed by atoms with E-state index in [2.05, 4.69) is 15.9 Å². The lowest BCUT2D eigenvalue weighted by Gasteiger charge is -2.22. The molecule has 0 N–H and O–H groups in total. The van der Waals surface area contributed by atoms with Gasteiger partial charge in [0.25, 0.3) is 0 Å². The maximum Gasteiger partial charge on any atom is 0.228 e. The van der Waals surface area contributed by atoms with E-state index in [1.807, 2.05) is 54.6 Å². The van der Waals surface area contributed by atoms with Gasteiger partial charge in [0.2, 0.25) is 11.8 Å². The molecule has 0 aliphatic carbocycles. The fourth-order valence-corrected chi connectivity index (χ4v) is 3.58. The number of likely N-dealkylation sites (tertiary alicyclic amines) is 1. The molecular weight excluding hydrogens is 380 g/mol. The van der Waals surface area contributed by atoms with E-state index in [0.29, 0.717) is 26.1 Å². The van der Waals surface area contributed by atoms with Gasteiger partial charge in [-0.25, -0.2) is 0 Å². The summed E-state index contributed by atoms with van der Waals surface area (Å²) in [4.78, 5) is 28.5. The fraction of sp³-hybridized carbons (Fsp3) is 0.300. The summed E-state index contributed by atoms with van der Waals surface area (Å²) in [5.74, 6) is -0.181. The first kappa shape index (κ1) is 17.7. The summed E-state index contributed by atoms with van der Waals surface area (Å²) >= 11 is 3.51. The Kier molecular flexibility index (Phi) is 5.53. The number of rotatable bonds is 5. The largest absolute Gasteiger partial charge is 0.341 e. The summed E-state index contributed by atoms with van der Waals surface area (Å²) < 4.78 is 0.989. The maximum absolute atomic E-state index is 12.7. The Hall–Kier alpha value is -2.14. The first-order valence-electron chi connectivity index (χ1n) is 8.34. The maximum atomic E-state index is 12.7. The van der Waals surface area contributed by atoms with Gasteiger partial charge in [-0.15, -0.1) is 0 Å². The number of amides is 2. The number of carbonyl (C=O) groups excluding carboxylic acids is 2. The second-order valence-corrected chi connectivity index (χ2v) is 7.30. The molecule has 1 heterocycles. The molecule has 1 saturated heterocycles. The molecule has 2 amide bonds. The van der Waals surface area contributed by atoms with Crippen molar-refractivity contribution in [3.63, 3.8) is 0 Å². The molecule has 5 heteroatoms. The third kappa shape index (κ3) is 4.28. The van der Waals surface area contributed by atoms with Gasteiger partial charge in [0.05, 0.1) is 5.92 Å². The van der Waals surface area contributed by atoms with E-state index >= 15 is 0 Å². The molecule has 130 valence electrons. The normalized spacial score (nSPS) is 17.0. The Balaban J connectivity index is 1.61. The Labute approximate surface area is 156 Å². The number of nitrogens with zero attached hydrogens (tertiary/aromatic N) is 2. The quantitative estimate of drug-likeness (QED) is 0.770. The fourth-order valence-electron chi connectivity index (χ4n) is 3.17. The van der Waals surface area contributed by atoms with Gasteiger partial charge in [-0.3, -0.25) is 9.59 Å². The van der Waals surface area contributed by atoms with Crippen LogP contribution in [0, 0.1) is 5.92 Å². The third-order valence-electron chi connectivity index (χ3n) is 4.52. The number of hydrogen-bond acceptors (Lipinski definition) is 2. The number of hydrogen-bond donors (Lipinski definition) is 0. The summed E-state index contributed by atoms with van der Waals surface area (Å²) in [6.07, 6.45) is 0.298. The highest BCUT2D eigenvalue weighted by Gasteiger charge is 2.35. The molecule has 2 aromatic rings. The molecule has 1 unspecified atom stereocenters. The topological polar surface area (TPSA) is 40.6 Å². The van der Waals surface area contributed by atoms with Crippen molar-refractivity contribution in [3.8, 4) is 0 Å². The van der Waals surface area contributed by atoms with E-state index in [9.17, 15) is 9.59 Å². The number of benzene rings is 2. The van der Waals surface area contributed by atoms with Crippen molar-refractivity contribution >= 4 is 27.7 Å². The predicted octanol–water partition coefficient (Wildman–Crippen LogP) is 3.46. The molecule has 1 atom stereocenters. The molecule has 4 nitrogen and oxygen atoms in total. The second kappa shape index (κ2) is 7.83. The average Bonchev–Trinajstić information content (AvgIpc) is 2.98. The van der Waals surface area contributed by atoms with Gasteiger partial charge in [0.1, 0.15) is 0 Å². The highest BCUT2D eigenvalue weighted by Crippen LogP contribution is 2.24. The molecule has 1 aliphatic rings. The lowest BCUT2D eigenvalue weighted by atomic mass is 10.1. The lowest BCUT2D eigenvalue weighted by Crippen LogP contribution is -2.34. The summed E-state index contributed by atoms with van der Waals surface area (Å²) in [5, 5.41) is 0. The van der Waals surface area contributed by atoms with Crippen LogP contribution in [0.2, 0.25) is 0 Å². The van der Waals surface area contributed by atoms with Crippen LogP contribution < -0.4 is 0 Å². The first-order chi connectivity index (χ1) is 12.0. The van der Waals surface area contributed by atoms with Gasteiger partial charge in [-0.05, 0) is 17.2 Å². The van der Waals surface area contributed by atoms with Crippen LogP contribution in [0.3, 0.4) is 0 Å². The van der Waals surface area contributed by atoms with Gasteiger partial charge >= 0.3 is 0 Å². The summed E-state index contributed by atoms with van der Waals surface area (Å²) in [6, 6.07) is 17.8. The molecule has 0 saturated carbocycles. The zero-order valence-corrected chi connectivity index (χ0v) is 15.8. The van der Waals surface area contributed by atoms with Crippen molar-refractivity contribution in [2.75, 3.05) is 13.6 Å². The molecule has 3 rings (SSSR count). The molecule has 1 fully saturated rings. The molecule has 25 heavy (non-hydrogen) atoms. The zero-order chi connectivity index (χ0) is 17.8. The minimum atomic E-state index is -0.260. The van der Waals surface area contributed by atoms with Crippen LogP contribution in [0.15, 0.2) is 59.1 Å². The van der Waals surface area contributed by atoms with E-state index in [-0.39, 0.29) is 17.7 Å². The van der Waals surface area contributed by atoms with Crippen molar-refractivity contribution < 1.29 is 9.59 Å². The SMILES string of the molecule is CN(Cc1ccccc1Br)C(=O)C1CC(=O)N(Cc2ccccc2)C1. The van der Waals surface area contributed by atoms with E-state index in [1.165, 1.54) is 0 Å². The van der Waals surface area contributed by atoms with Crippen LogP contribution >= 0.6 is 15.9 Å². The number of halogens is 1. The van der Waals surface area contributed by atoms with Gasteiger partial charge in [0.15, 0.2) is 0 Å². The van der Waals surface area contributed by atoms with Crippen LogP contribution in [0.25, 0.3) is 0 Å². The highest BCUT2D eigenvalue weighted by atomic mass is 79.9. The minimum absolute atomic E-state index is 0.0275. The van der Waals surface area contributed by atoms with Gasteiger partial charge < -0.3 is 9.80 Å². The van der Waals surface area contributed by atoms with Crippen LogP contribution in [0.1, 0.15) is 17.5 Å². The van der Waals surface area contributed by atoms with Gasteiger partial charge in [-0.2, -0.15) is 0 Å². The van der Waals surface area contributed by atoms with Crippen molar-refractivity contribution in [1.29, 1.82) is 0 Å². The molecular formula is C20H21BrN2O2. The van der Waals surface area contributed by atoms with Gasteiger partial charge in [-0.1, -0.05) is 64.5 Å². The second-order valence-electron chi connectivity index (χ2n) is 6.45. The lowest BCUT2D eigenvalue weighted by molar-refractivity contribution is -0.135. The van der Waals surface area contributed by atoms with Crippen molar-refractivity contribution in [3.05, 3.63) is 70.2 Å². The summed E-state index contributed by atoms with van der Waals surface area (Å²) in [6.45, 7) is 1.59. The van der Waals surface area contributed by atoms with Crippen LogP contribution in [-0.2, 0) is 22.7 Å². The van der Waals surface area contributed by atoms with E-state index in [1.54, 1.807) is 16.8 Å². The van der Waals surface area contributed by atoms with E-state index < -0.39 is 0 Å². The van der Waals surface area contributed by atoms with Crippen LogP contribution in [0.4, 0.5) is 0 Å². The zero-order valence-electron chi connectivity index (χ0n) is 14.2. The first-order valence-corrected chi connectivity index (χ1v) is 9.14. The monoisotopic (exact) mass is 400 g/mol.